The highest BCUT2D eigenvalue weighted by molar-refractivity contribution is 6.30. The summed E-state index contributed by atoms with van der Waals surface area (Å²) in [5.41, 5.74) is 0.784. The number of hydrogen-bond acceptors (Lipinski definition) is 8. The predicted molar refractivity (Wildman–Crippen MR) is 99.5 cm³/mol. The molecule has 0 amide bonds. The molecule has 0 radical (unpaired) electrons. The van der Waals surface area contributed by atoms with Gasteiger partial charge < -0.3 is 9.47 Å². The average Bonchev–Trinajstić information content (AvgIpc) is 2.73. The van der Waals surface area contributed by atoms with Crippen molar-refractivity contribution in [2.45, 2.75) is 0 Å². The van der Waals surface area contributed by atoms with Gasteiger partial charge in [0.2, 0.25) is 5.88 Å². The van der Waals surface area contributed by atoms with Crippen LogP contribution in [0.3, 0.4) is 0 Å². The summed E-state index contributed by atoms with van der Waals surface area (Å²) < 4.78 is 10.5. The molecule has 2 aromatic heterocycles. The van der Waals surface area contributed by atoms with Crippen molar-refractivity contribution in [3.63, 3.8) is 0 Å². The lowest BCUT2D eigenvalue weighted by Gasteiger charge is -2.08. The molecule has 8 nitrogen and oxygen atoms in total. The number of halogens is 1. The van der Waals surface area contributed by atoms with Crippen molar-refractivity contribution in [1.29, 1.82) is 0 Å². The van der Waals surface area contributed by atoms with E-state index >= 15 is 0 Å². The zero-order valence-electron chi connectivity index (χ0n) is 14.6. The molecule has 0 fully saturated rings. The second-order valence-electron chi connectivity index (χ2n) is 5.18. The molecule has 0 saturated heterocycles. The van der Waals surface area contributed by atoms with E-state index in [-0.39, 0.29) is 22.5 Å². The molecule has 0 unspecified atom stereocenters. The van der Waals surface area contributed by atoms with Crippen LogP contribution in [0, 0.1) is 0 Å². The third-order valence-electron chi connectivity index (χ3n) is 3.30. The topological polar surface area (TPSA) is 92.7 Å². The lowest BCUT2D eigenvalue weighted by atomic mass is 10.1. The molecule has 0 N–H and O–H groups in total. The summed E-state index contributed by atoms with van der Waals surface area (Å²) in [6.45, 7) is 0. The van der Waals surface area contributed by atoms with Crippen molar-refractivity contribution in [3.05, 3.63) is 78.0 Å². The average molecular weight is 400 g/mol. The summed E-state index contributed by atoms with van der Waals surface area (Å²) in [6.07, 6.45) is 3.98. The van der Waals surface area contributed by atoms with Gasteiger partial charge in [-0.1, -0.05) is 41.9 Å². The van der Waals surface area contributed by atoms with Crippen LogP contribution in [-0.4, -0.2) is 28.0 Å². The minimum Gasteiger partial charge on any atom is -0.503 e. The Morgan fingerprint density at radius 2 is 1.82 bits per heavy atom. The van der Waals surface area contributed by atoms with Gasteiger partial charge >= 0.3 is 5.97 Å². The van der Waals surface area contributed by atoms with Gasteiger partial charge in [-0.3, -0.25) is 4.89 Å². The first-order chi connectivity index (χ1) is 13.7. The molecule has 0 atom stereocenters. The van der Waals surface area contributed by atoms with Crippen LogP contribution in [-0.2, 0) is 14.4 Å². The number of benzene rings is 1. The van der Waals surface area contributed by atoms with Crippen LogP contribution in [0.4, 0.5) is 0 Å². The highest BCUT2D eigenvalue weighted by atomic mass is 35.5. The third kappa shape index (κ3) is 4.95. The van der Waals surface area contributed by atoms with Crippen LogP contribution < -0.4 is 9.62 Å². The van der Waals surface area contributed by atoms with E-state index in [1.165, 1.54) is 32.0 Å². The number of carbonyl (C=O) groups excluding carboxylic acids is 1. The quantitative estimate of drug-likeness (QED) is 0.194. The molecule has 0 spiro atoms. The first-order valence-corrected chi connectivity index (χ1v) is 8.33. The van der Waals surface area contributed by atoms with Crippen LogP contribution in [0.2, 0.25) is 5.15 Å². The smallest absolute Gasteiger partial charge is 0.389 e. The van der Waals surface area contributed by atoms with Gasteiger partial charge in [0.15, 0.2) is 10.9 Å². The van der Waals surface area contributed by atoms with Gasteiger partial charge in [0.25, 0.3) is 5.88 Å². The van der Waals surface area contributed by atoms with Crippen LogP contribution in [0.25, 0.3) is 5.57 Å². The van der Waals surface area contributed by atoms with E-state index in [0.29, 0.717) is 11.3 Å². The van der Waals surface area contributed by atoms with Crippen LogP contribution in [0.1, 0.15) is 5.56 Å². The Kier molecular flexibility index (Phi) is 6.37. The minimum atomic E-state index is -0.760. The van der Waals surface area contributed by atoms with E-state index in [9.17, 15) is 4.79 Å². The number of pyridine rings is 1. The number of ether oxygens (including phenoxy) is 2. The van der Waals surface area contributed by atoms with E-state index in [1.54, 1.807) is 36.4 Å². The molecule has 0 aliphatic carbocycles. The molecule has 0 aliphatic heterocycles. The third-order valence-corrected chi connectivity index (χ3v) is 3.58. The van der Waals surface area contributed by atoms with Gasteiger partial charge in [-0.05, 0) is 17.7 Å². The Bertz CT molecular complexity index is 982. The molecule has 9 heteroatoms. The summed E-state index contributed by atoms with van der Waals surface area (Å²) in [4.78, 5) is 33.9. The molecule has 2 heterocycles. The first kappa shape index (κ1) is 19.1. The fourth-order valence-electron chi connectivity index (χ4n) is 2.08. The van der Waals surface area contributed by atoms with E-state index in [4.69, 9.17) is 30.8 Å². The second kappa shape index (κ2) is 9.33. The van der Waals surface area contributed by atoms with Gasteiger partial charge in [-0.15, -0.1) is 0 Å². The molecule has 0 saturated carbocycles. The van der Waals surface area contributed by atoms with Crippen molar-refractivity contribution in [3.8, 4) is 17.5 Å². The van der Waals surface area contributed by atoms with Crippen molar-refractivity contribution in [2.75, 3.05) is 7.11 Å². The summed E-state index contributed by atoms with van der Waals surface area (Å²) in [5, 5.41) is 0.173. The van der Waals surface area contributed by atoms with Crippen LogP contribution >= 0.6 is 11.6 Å². The van der Waals surface area contributed by atoms with Crippen molar-refractivity contribution >= 4 is 23.1 Å². The summed E-state index contributed by atoms with van der Waals surface area (Å²) >= 11 is 5.94. The van der Waals surface area contributed by atoms with Crippen LogP contribution in [0.15, 0.2) is 67.3 Å². The lowest BCUT2D eigenvalue weighted by Crippen LogP contribution is -2.11. The molecule has 28 heavy (non-hydrogen) atoms. The molecule has 3 aromatic rings. The molecule has 3 rings (SSSR count). The number of nitrogens with zero attached hydrogens (tertiary/aromatic N) is 3. The van der Waals surface area contributed by atoms with E-state index < -0.39 is 5.97 Å². The molecule has 142 valence electrons. The Morgan fingerprint density at radius 1 is 1.04 bits per heavy atom. The highest BCUT2D eigenvalue weighted by Gasteiger charge is 2.17. The molecular formula is C19H14ClN3O5. The first-order valence-electron chi connectivity index (χ1n) is 7.95. The SMILES string of the molecule is CO/C=C(\C(=O)OOc1cc(Oc2cccnc2Cl)ncn1)c1ccccc1. The maximum atomic E-state index is 12.3. The normalized spacial score (nSPS) is 10.9. The number of methoxy groups -OCH3 is 1. The zero-order chi connectivity index (χ0) is 19.8. The predicted octanol–water partition coefficient (Wildman–Crippen LogP) is 3.84. The maximum absolute atomic E-state index is 12.3. The lowest BCUT2D eigenvalue weighted by molar-refractivity contribution is -0.207. The van der Waals surface area contributed by atoms with Gasteiger partial charge in [-0.2, -0.15) is 4.98 Å². The van der Waals surface area contributed by atoms with Gasteiger partial charge in [-0.25, -0.2) is 19.7 Å². The van der Waals surface area contributed by atoms with E-state index in [2.05, 4.69) is 15.0 Å². The highest BCUT2D eigenvalue weighted by Crippen LogP contribution is 2.27. The summed E-state index contributed by atoms with van der Waals surface area (Å²) in [6, 6.07) is 13.5. The monoisotopic (exact) mass is 399 g/mol. The fourth-order valence-corrected chi connectivity index (χ4v) is 2.24. The van der Waals surface area contributed by atoms with Gasteiger partial charge in [0.05, 0.1) is 19.4 Å². The molecule has 0 aliphatic rings. The second-order valence-corrected chi connectivity index (χ2v) is 5.53. The minimum absolute atomic E-state index is 0.0387. The molecule has 0 bridgehead atoms. The number of aromatic nitrogens is 3. The van der Waals surface area contributed by atoms with Crippen molar-refractivity contribution < 1.29 is 24.0 Å². The maximum Gasteiger partial charge on any atom is 0.389 e. The molecule has 1 aromatic carbocycles. The van der Waals surface area contributed by atoms with Gasteiger partial charge in [0.1, 0.15) is 11.9 Å². The Morgan fingerprint density at radius 3 is 2.57 bits per heavy atom. The van der Waals surface area contributed by atoms with E-state index in [1.807, 2.05) is 6.07 Å². The number of rotatable bonds is 7. The molecular weight excluding hydrogens is 386 g/mol. The number of hydrogen-bond donors (Lipinski definition) is 0. The fraction of sp³-hybridized carbons (Fsp3) is 0.0526. The van der Waals surface area contributed by atoms with Crippen LogP contribution in [0.5, 0.6) is 17.5 Å². The Hall–Kier alpha value is -3.65. The van der Waals surface area contributed by atoms with Gasteiger partial charge in [0, 0.05) is 6.20 Å². The number of carbonyl (C=O) groups is 1. The Balaban J connectivity index is 1.68. The Labute approximate surface area is 165 Å². The van der Waals surface area contributed by atoms with E-state index in [0.717, 1.165) is 0 Å². The standard InChI is InChI=1S/C19H14ClN3O5/c1-25-11-14(13-6-3-2-4-7-13)19(24)28-27-17-10-16(22-12-23-17)26-15-8-5-9-21-18(15)20/h2-12H,1H3/b14-11-. The largest absolute Gasteiger partial charge is 0.503 e. The van der Waals surface area contributed by atoms with Crippen molar-refractivity contribution in [2.24, 2.45) is 0 Å². The van der Waals surface area contributed by atoms with Crippen molar-refractivity contribution in [1.82, 2.24) is 15.0 Å². The summed E-state index contributed by atoms with van der Waals surface area (Å²) in [7, 11) is 1.43. The zero-order valence-corrected chi connectivity index (χ0v) is 15.4. The summed E-state index contributed by atoms with van der Waals surface area (Å²) in [5.74, 6) is -0.362.